The van der Waals surface area contributed by atoms with Gasteiger partial charge >= 0.3 is 12.1 Å². The molecule has 1 aliphatic carbocycles. The SMILES string of the molecule is COC(=O)N1CCc2ccc3c(nc([C@H]4CCC[C@H](C(=O)O)C4)n3[C@H](C)Cc3ccccc3)c2C1. The van der Waals surface area contributed by atoms with Crippen LogP contribution in [0.3, 0.4) is 0 Å². The van der Waals surface area contributed by atoms with Crippen molar-refractivity contribution in [3.63, 3.8) is 0 Å². The number of ether oxygens (including phenoxy) is 1. The van der Waals surface area contributed by atoms with Crippen LogP contribution in [0.1, 0.15) is 67.1 Å². The summed E-state index contributed by atoms with van der Waals surface area (Å²) < 4.78 is 7.33. The fraction of sp³-hybridized carbons (Fsp3) is 0.464. The molecule has 1 aromatic heterocycles. The van der Waals surface area contributed by atoms with E-state index < -0.39 is 5.97 Å². The second-order valence-electron chi connectivity index (χ2n) is 9.99. The molecule has 7 heteroatoms. The smallest absolute Gasteiger partial charge is 0.409 e. The zero-order valence-corrected chi connectivity index (χ0v) is 20.4. The third-order valence-electron chi connectivity index (χ3n) is 7.73. The second kappa shape index (κ2) is 9.72. The summed E-state index contributed by atoms with van der Waals surface area (Å²) in [4.78, 5) is 31.0. The highest BCUT2D eigenvalue weighted by atomic mass is 16.5. The Hall–Kier alpha value is -3.35. The van der Waals surface area contributed by atoms with Crippen LogP contribution in [0.2, 0.25) is 0 Å². The van der Waals surface area contributed by atoms with Crippen LogP contribution in [0.5, 0.6) is 0 Å². The number of carbonyl (C=O) groups is 2. The lowest BCUT2D eigenvalue weighted by Gasteiger charge is -2.28. The number of amides is 1. The Bertz CT molecular complexity index is 1240. The number of carbonyl (C=O) groups excluding carboxylic acids is 1. The van der Waals surface area contributed by atoms with Gasteiger partial charge in [0.1, 0.15) is 5.82 Å². The Labute approximate surface area is 205 Å². The number of aromatic nitrogens is 2. The fourth-order valence-corrected chi connectivity index (χ4v) is 5.94. The molecule has 3 aromatic rings. The maximum Gasteiger partial charge on any atom is 0.409 e. The molecule has 184 valence electrons. The number of benzene rings is 2. The van der Waals surface area contributed by atoms with E-state index in [1.54, 1.807) is 4.90 Å². The van der Waals surface area contributed by atoms with Gasteiger partial charge in [-0.2, -0.15) is 0 Å². The lowest BCUT2D eigenvalue weighted by molar-refractivity contribution is -0.143. The van der Waals surface area contributed by atoms with Crippen molar-refractivity contribution in [2.24, 2.45) is 5.92 Å². The van der Waals surface area contributed by atoms with Crippen LogP contribution >= 0.6 is 0 Å². The van der Waals surface area contributed by atoms with E-state index in [1.165, 1.54) is 18.2 Å². The summed E-state index contributed by atoms with van der Waals surface area (Å²) in [5, 5.41) is 9.70. The van der Waals surface area contributed by atoms with Crippen molar-refractivity contribution in [3.05, 3.63) is 65.0 Å². The zero-order valence-electron chi connectivity index (χ0n) is 20.4. The van der Waals surface area contributed by atoms with Gasteiger partial charge in [0.15, 0.2) is 0 Å². The highest BCUT2D eigenvalue weighted by Crippen LogP contribution is 2.40. The molecule has 5 rings (SSSR count). The predicted molar refractivity (Wildman–Crippen MR) is 133 cm³/mol. The number of methoxy groups -OCH3 is 1. The van der Waals surface area contributed by atoms with Crippen LogP contribution in [0.4, 0.5) is 4.79 Å². The molecule has 2 heterocycles. The molecule has 1 N–H and O–H groups in total. The van der Waals surface area contributed by atoms with Crippen LogP contribution in [0.15, 0.2) is 42.5 Å². The number of aliphatic carboxylic acids is 1. The molecule has 7 nitrogen and oxygen atoms in total. The van der Waals surface area contributed by atoms with Gasteiger partial charge in [-0.15, -0.1) is 0 Å². The molecule has 0 saturated heterocycles. The molecule has 0 radical (unpaired) electrons. The van der Waals surface area contributed by atoms with Crippen molar-refractivity contribution in [1.29, 1.82) is 0 Å². The minimum atomic E-state index is -0.708. The number of nitrogens with zero attached hydrogens (tertiary/aromatic N) is 3. The van der Waals surface area contributed by atoms with E-state index in [2.05, 4.69) is 47.9 Å². The average Bonchev–Trinajstić information content (AvgIpc) is 3.29. The normalized spacial score (nSPS) is 20.9. The molecule has 0 spiro atoms. The Kier molecular flexibility index (Phi) is 6.50. The minimum absolute atomic E-state index is 0.103. The molecule has 1 amide bonds. The van der Waals surface area contributed by atoms with Crippen molar-refractivity contribution in [2.75, 3.05) is 13.7 Å². The van der Waals surface area contributed by atoms with E-state index in [9.17, 15) is 14.7 Å². The highest BCUT2D eigenvalue weighted by Gasteiger charge is 2.33. The third-order valence-corrected chi connectivity index (χ3v) is 7.73. The first-order valence-corrected chi connectivity index (χ1v) is 12.6. The molecule has 1 fully saturated rings. The Balaban J connectivity index is 1.60. The Morgan fingerprint density at radius 1 is 1.17 bits per heavy atom. The summed E-state index contributed by atoms with van der Waals surface area (Å²) in [6, 6.07) is 14.9. The van der Waals surface area contributed by atoms with E-state index in [-0.39, 0.29) is 24.0 Å². The first-order valence-electron chi connectivity index (χ1n) is 12.6. The van der Waals surface area contributed by atoms with Crippen LogP contribution in [-0.4, -0.2) is 45.3 Å². The summed E-state index contributed by atoms with van der Waals surface area (Å²) in [5.41, 5.74) is 5.55. The summed E-state index contributed by atoms with van der Waals surface area (Å²) in [5.74, 6) is 0.0559. The van der Waals surface area contributed by atoms with Crippen LogP contribution in [0.25, 0.3) is 11.0 Å². The van der Waals surface area contributed by atoms with E-state index >= 15 is 0 Å². The Morgan fingerprint density at radius 3 is 2.71 bits per heavy atom. The molecule has 0 bridgehead atoms. The van der Waals surface area contributed by atoms with Gasteiger partial charge in [-0.05, 0) is 56.2 Å². The topological polar surface area (TPSA) is 84.7 Å². The van der Waals surface area contributed by atoms with Gasteiger partial charge in [-0.1, -0.05) is 42.8 Å². The van der Waals surface area contributed by atoms with E-state index in [4.69, 9.17) is 9.72 Å². The van der Waals surface area contributed by atoms with Crippen LogP contribution in [-0.2, 0) is 28.9 Å². The maximum absolute atomic E-state index is 12.3. The summed E-state index contributed by atoms with van der Waals surface area (Å²) >= 11 is 0. The number of rotatable bonds is 5. The van der Waals surface area contributed by atoms with Gasteiger partial charge in [0.25, 0.3) is 0 Å². The number of imidazole rings is 1. The summed E-state index contributed by atoms with van der Waals surface area (Å²) in [7, 11) is 1.42. The molecule has 0 unspecified atom stereocenters. The largest absolute Gasteiger partial charge is 0.481 e. The molecule has 35 heavy (non-hydrogen) atoms. The van der Waals surface area contributed by atoms with Gasteiger partial charge in [-0.3, -0.25) is 4.79 Å². The van der Waals surface area contributed by atoms with Gasteiger partial charge in [0.2, 0.25) is 0 Å². The van der Waals surface area contributed by atoms with E-state index in [0.717, 1.165) is 54.5 Å². The fourth-order valence-electron chi connectivity index (χ4n) is 5.94. The van der Waals surface area contributed by atoms with Crippen molar-refractivity contribution < 1.29 is 19.4 Å². The number of fused-ring (bicyclic) bond motifs is 3. The average molecular weight is 476 g/mol. The zero-order chi connectivity index (χ0) is 24.5. The van der Waals surface area contributed by atoms with E-state index in [0.29, 0.717) is 19.5 Å². The van der Waals surface area contributed by atoms with Crippen LogP contribution < -0.4 is 0 Å². The molecule has 1 saturated carbocycles. The number of carboxylic acids is 1. The van der Waals surface area contributed by atoms with Crippen molar-refractivity contribution in [3.8, 4) is 0 Å². The molecule has 3 atom stereocenters. The monoisotopic (exact) mass is 475 g/mol. The third kappa shape index (κ3) is 4.51. The highest BCUT2D eigenvalue weighted by molar-refractivity contribution is 5.82. The first-order chi connectivity index (χ1) is 17.0. The molecule has 2 aliphatic rings. The summed E-state index contributed by atoms with van der Waals surface area (Å²) in [6.45, 7) is 3.33. The van der Waals surface area contributed by atoms with E-state index in [1.807, 2.05) is 6.07 Å². The maximum atomic E-state index is 12.3. The lowest BCUT2D eigenvalue weighted by Crippen LogP contribution is -2.35. The van der Waals surface area contributed by atoms with Crippen molar-refractivity contribution >= 4 is 23.1 Å². The van der Waals surface area contributed by atoms with Gasteiger partial charge in [0.05, 0.1) is 30.6 Å². The van der Waals surface area contributed by atoms with Crippen molar-refractivity contribution in [1.82, 2.24) is 14.5 Å². The van der Waals surface area contributed by atoms with Crippen LogP contribution in [0, 0.1) is 5.92 Å². The molecule has 1 aliphatic heterocycles. The summed E-state index contributed by atoms with van der Waals surface area (Å²) in [6.07, 6.45) is 4.50. The Morgan fingerprint density at radius 2 is 1.97 bits per heavy atom. The predicted octanol–water partition coefficient (Wildman–Crippen LogP) is 5.32. The van der Waals surface area contributed by atoms with Gasteiger partial charge in [-0.25, -0.2) is 9.78 Å². The number of hydrogen-bond acceptors (Lipinski definition) is 4. The first kappa shape index (κ1) is 23.4. The standard InChI is InChI=1S/C28H33N3O4/c1-18(15-19-7-4-3-5-8-19)31-24-12-11-20-13-14-30(28(34)35-2)17-23(20)25(24)29-26(31)21-9-6-10-22(16-21)27(32)33/h3-5,7-8,11-12,18,21-22H,6,9-10,13-17H2,1-2H3,(H,32,33)/t18-,21+,22+/m1/s1. The quantitative estimate of drug-likeness (QED) is 0.540. The second-order valence-corrected chi connectivity index (χ2v) is 9.99. The van der Waals surface area contributed by atoms with Crippen molar-refractivity contribution in [2.45, 2.75) is 64.0 Å². The van der Waals surface area contributed by atoms with Gasteiger partial charge < -0.3 is 19.3 Å². The molecular weight excluding hydrogens is 442 g/mol. The number of carboxylic acid groups (broad SMARTS) is 1. The molecular formula is C28H33N3O4. The minimum Gasteiger partial charge on any atom is -0.481 e. The van der Waals surface area contributed by atoms with Gasteiger partial charge in [0, 0.05) is 24.1 Å². The lowest BCUT2D eigenvalue weighted by atomic mass is 9.81. The molecule has 2 aromatic carbocycles. The number of hydrogen-bond donors (Lipinski definition) is 1.